The van der Waals surface area contributed by atoms with Crippen LogP contribution < -0.4 is 4.74 Å². The Hall–Kier alpha value is -2.29. The molecule has 0 aliphatic heterocycles. The normalized spacial score (nSPS) is 10.3. The summed E-state index contributed by atoms with van der Waals surface area (Å²) in [6, 6.07) is 13.3. The molecule has 0 aliphatic carbocycles. The van der Waals surface area contributed by atoms with E-state index in [4.69, 9.17) is 4.74 Å². The summed E-state index contributed by atoms with van der Waals surface area (Å²) >= 11 is 0. The van der Waals surface area contributed by atoms with Crippen molar-refractivity contribution in [2.75, 3.05) is 6.61 Å². The fourth-order valence-corrected chi connectivity index (χ4v) is 2.04. The number of benzene rings is 2. The topological polar surface area (TPSA) is 46.5 Å². The van der Waals surface area contributed by atoms with Crippen molar-refractivity contribution in [2.24, 2.45) is 0 Å². The molecule has 0 saturated heterocycles. The predicted molar refractivity (Wildman–Crippen MR) is 79.4 cm³/mol. The molecular formula is C17H18O3. The number of aromatic carboxylic acids is 1. The monoisotopic (exact) mass is 270 g/mol. The van der Waals surface area contributed by atoms with Crippen LogP contribution in [0.3, 0.4) is 0 Å². The highest BCUT2D eigenvalue weighted by atomic mass is 16.5. The van der Waals surface area contributed by atoms with Crippen LogP contribution >= 0.6 is 0 Å². The van der Waals surface area contributed by atoms with Crippen LogP contribution in [0.1, 0.15) is 29.3 Å². The van der Waals surface area contributed by atoms with Gasteiger partial charge in [0.25, 0.3) is 0 Å². The van der Waals surface area contributed by atoms with E-state index in [1.807, 2.05) is 44.2 Å². The molecule has 0 amide bonds. The molecule has 3 heteroatoms. The molecule has 104 valence electrons. The van der Waals surface area contributed by atoms with Gasteiger partial charge in [0.15, 0.2) is 0 Å². The molecule has 2 rings (SSSR count). The van der Waals surface area contributed by atoms with Gasteiger partial charge in [0, 0.05) is 0 Å². The zero-order valence-corrected chi connectivity index (χ0v) is 11.7. The first-order valence-corrected chi connectivity index (χ1v) is 6.69. The Balaban J connectivity index is 2.42. The van der Waals surface area contributed by atoms with Gasteiger partial charge >= 0.3 is 5.97 Å². The third-order valence-electron chi connectivity index (χ3n) is 3.02. The minimum atomic E-state index is -0.967. The van der Waals surface area contributed by atoms with Gasteiger partial charge in [-0.2, -0.15) is 0 Å². The van der Waals surface area contributed by atoms with Crippen LogP contribution in [0.2, 0.25) is 0 Å². The van der Waals surface area contributed by atoms with Gasteiger partial charge < -0.3 is 9.84 Å². The van der Waals surface area contributed by atoms with Crippen LogP contribution in [0.15, 0.2) is 42.5 Å². The molecule has 20 heavy (non-hydrogen) atoms. The summed E-state index contributed by atoms with van der Waals surface area (Å²) in [5.41, 5.74) is 3.24. The quantitative estimate of drug-likeness (QED) is 0.887. The van der Waals surface area contributed by atoms with Crippen LogP contribution in [0.5, 0.6) is 5.75 Å². The van der Waals surface area contributed by atoms with E-state index in [1.54, 1.807) is 12.1 Å². The van der Waals surface area contributed by atoms with Gasteiger partial charge in [0.2, 0.25) is 0 Å². The van der Waals surface area contributed by atoms with Gasteiger partial charge in [-0.25, -0.2) is 4.79 Å². The van der Waals surface area contributed by atoms with Crippen molar-refractivity contribution in [2.45, 2.75) is 20.3 Å². The lowest BCUT2D eigenvalue weighted by Crippen LogP contribution is -2.04. The summed E-state index contributed by atoms with van der Waals surface area (Å²) in [5.74, 6) is -0.540. The summed E-state index contributed by atoms with van der Waals surface area (Å²) in [4.78, 5) is 11.4. The molecule has 3 nitrogen and oxygen atoms in total. The smallest absolute Gasteiger partial charge is 0.339 e. The van der Waals surface area contributed by atoms with E-state index < -0.39 is 5.97 Å². The number of carboxylic acid groups (broad SMARTS) is 1. The van der Waals surface area contributed by atoms with Crippen LogP contribution in [0.4, 0.5) is 0 Å². The number of carbonyl (C=O) groups is 1. The van der Waals surface area contributed by atoms with E-state index in [0.29, 0.717) is 12.4 Å². The molecule has 0 bridgehead atoms. The molecular weight excluding hydrogens is 252 g/mol. The Morgan fingerprint density at radius 3 is 2.55 bits per heavy atom. The molecule has 2 aromatic carbocycles. The van der Waals surface area contributed by atoms with Gasteiger partial charge in [-0.05, 0) is 36.6 Å². The number of aryl methyl sites for hydroxylation is 1. The SMILES string of the molecule is CCCOc1ccc(-c2cccc(C)c2)cc1C(=O)O. The summed E-state index contributed by atoms with van der Waals surface area (Å²) in [6.07, 6.45) is 0.846. The highest BCUT2D eigenvalue weighted by Crippen LogP contribution is 2.27. The van der Waals surface area contributed by atoms with Gasteiger partial charge in [-0.1, -0.05) is 42.8 Å². The second-order valence-corrected chi connectivity index (χ2v) is 4.73. The Morgan fingerprint density at radius 2 is 1.90 bits per heavy atom. The van der Waals surface area contributed by atoms with Crippen molar-refractivity contribution in [3.05, 3.63) is 53.6 Å². The van der Waals surface area contributed by atoms with Crippen molar-refractivity contribution < 1.29 is 14.6 Å². The maximum absolute atomic E-state index is 11.4. The summed E-state index contributed by atoms with van der Waals surface area (Å²) < 4.78 is 5.48. The van der Waals surface area contributed by atoms with E-state index in [9.17, 15) is 9.90 Å². The van der Waals surface area contributed by atoms with E-state index in [-0.39, 0.29) is 5.56 Å². The Bertz CT molecular complexity index is 617. The van der Waals surface area contributed by atoms with E-state index in [1.165, 1.54) is 0 Å². The molecule has 0 unspecified atom stereocenters. The highest BCUT2D eigenvalue weighted by Gasteiger charge is 2.13. The summed E-state index contributed by atoms with van der Waals surface area (Å²) in [6.45, 7) is 4.52. The molecule has 0 saturated carbocycles. The van der Waals surface area contributed by atoms with Crippen molar-refractivity contribution in [1.29, 1.82) is 0 Å². The Labute approximate surface area is 118 Å². The first-order chi connectivity index (χ1) is 9.61. The van der Waals surface area contributed by atoms with Crippen LogP contribution in [-0.4, -0.2) is 17.7 Å². The molecule has 0 spiro atoms. The fraction of sp³-hybridized carbons (Fsp3) is 0.235. The van der Waals surface area contributed by atoms with Crippen molar-refractivity contribution in [1.82, 2.24) is 0 Å². The van der Waals surface area contributed by atoms with Crippen LogP contribution in [0.25, 0.3) is 11.1 Å². The molecule has 1 N–H and O–H groups in total. The lowest BCUT2D eigenvalue weighted by molar-refractivity contribution is 0.0692. The molecule has 0 heterocycles. The standard InChI is InChI=1S/C17H18O3/c1-3-9-20-16-8-7-14(11-15(16)17(18)19)13-6-4-5-12(2)10-13/h4-8,10-11H,3,9H2,1-2H3,(H,18,19). The van der Waals surface area contributed by atoms with Gasteiger partial charge in [0.1, 0.15) is 11.3 Å². The summed E-state index contributed by atoms with van der Waals surface area (Å²) in [7, 11) is 0. The van der Waals surface area contributed by atoms with Crippen LogP contribution in [-0.2, 0) is 0 Å². The zero-order chi connectivity index (χ0) is 14.5. The number of carboxylic acids is 1. The van der Waals surface area contributed by atoms with Gasteiger partial charge in [-0.15, -0.1) is 0 Å². The molecule has 0 atom stereocenters. The molecule has 0 aliphatic rings. The predicted octanol–water partition coefficient (Wildman–Crippen LogP) is 4.15. The van der Waals surface area contributed by atoms with Crippen molar-refractivity contribution in [3.63, 3.8) is 0 Å². The van der Waals surface area contributed by atoms with E-state index in [0.717, 1.165) is 23.1 Å². The number of ether oxygens (including phenoxy) is 1. The minimum absolute atomic E-state index is 0.206. The summed E-state index contributed by atoms with van der Waals surface area (Å²) in [5, 5.41) is 9.31. The molecule has 0 fully saturated rings. The number of hydrogen-bond acceptors (Lipinski definition) is 2. The minimum Gasteiger partial charge on any atom is -0.493 e. The van der Waals surface area contributed by atoms with E-state index >= 15 is 0 Å². The molecule has 0 aromatic heterocycles. The number of rotatable bonds is 5. The molecule has 0 radical (unpaired) electrons. The third kappa shape index (κ3) is 3.18. The van der Waals surface area contributed by atoms with E-state index in [2.05, 4.69) is 0 Å². The largest absolute Gasteiger partial charge is 0.493 e. The number of hydrogen-bond donors (Lipinski definition) is 1. The average Bonchev–Trinajstić information content (AvgIpc) is 2.44. The maximum atomic E-state index is 11.4. The molecule has 2 aromatic rings. The van der Waals surface area contributed by atoms with Gasteiger partial charge in [0.05, 0.1) is 6.61 Å². The second kappa shape index (κ2) is 6.24. The highest BCUT2D eigenvalue weighted by molar-refractivity contribution is 5.92. The first-order valence-electron chi connectivity index (χ1n) is 6.69. The zero-order valence-electron chi connectivity index (χ0n) is 11.7. The lowest BCUT2D eigenvalue weighted by Gasteiger charge is -2.10. The van der Waals surface area contributed by atoms with Crippen molar-refractivity contribution >= 4 is 5.97 Å². The lowest BCUT2D eigenvalue weighted by atomic mass is 10.0. The van der Waals surface area contributed by atoms with Gasteiger partial charge in [-0.3, -0.25) is 0 Å². The fourth-order valence-electron chi connectivity index (χ4n) is 2.04. The van der Waals surface area contributed by atoms with Crippen molar-refractivity contribution in [3.8, 4) is 16.9 Å². The second-order valence-electron chi connectivity index (χ2n) is 4.73. The average molecular weight is 270 g/mol. The Kier molecular flexibility index (Phi) is 4.41. The van der Waals surface area contributed by atoms with Crippen LogP contribution in [0, 0.1) is 6.92 Å². The third-order valence-corrected chi connectivity index (χ3v) is 3.02. The Morgan fingerprint density at radius 1 is 1.15 bits per heavy atom. The maximum Gasteiger partial charge on any atom is 0.339 e. The first kappa shape index (κ1) is 14.1.